The van der Waals surface area contributed by atoms with E-state index in [9.17, 15) is 27.7 Å². The average molecular weight is 1040 g/mol. The van der Waals surface area contributed by atoms with Crippen LogP contribution in [-0.4, -0.2) is 4.92 Å². The smallest absolute Gasteiger partial charge is 0.270 e. The van der Waals surface area contributed by atoms with Crippen LogP contribution in [0.2, 0.25) is 0 Å². The maximum absolute atomic E-state index is 12.6. The minimum Gasteiger partial charge on any atom is -0.399 e. The number of benzene rings is 2. The van der Waals surface area contributed by atoms with Crippen LogP contribution in [-0.2, 0) is 13.3 Å². The summed E-state index contributed by atoms with van der Waals surface area (Å²) in [5.41, 5.74) is 5.08. The summed E-state index contributed by atoms with van der Waals surface area (Å²) in [6, 6.07) is 6.60. The molecular weight excluding hydrogens is 1020 g/mol. The summed E-state index contributed by atoms with van der Waals surface area (Å²) in [6.07, 6.45) is 0. The zero-order valence-corrected chi connectivity index (χ0v) is 42.2. The molecule has 0 aliphatic rings. The molecule has 2 rings (SSSR count). The zero-order valence-electron chi connectivity index (χ0n) is 42.2. The maximum atomic E-state index is 12.6. The Hall–Kier alpha value is -15.4. The number of non-ortho nitro benzene ring substituents is 1. The lowest BCUT2D eigenvalue weighted by molar-refractivity contribution is -0.385. The lowest BCUT2D eigenvalue weighted by Gasteiger charge is -1.97. The molecule has 82 heavy (non-hydrogen) atoms. The molecule has 2 N–H and O–H groups in total. The number of hydrogen-bond acceptors (Lipinski definition) is 3. The minimum absolute atomic E-state index is 0.0139. The van der Waals surface area contributed by atoms with Crippen molar-refractivity contribution in [2.45, 2.75) is 27.2 Å². The van der Waals surface area contributed by atoms with E-state index in [1.165, 1.54) is 12.1 Å². The number of alkyl halides is 2. The Morgan fingerprint density at radius 2 is 0.488 bits per heavy atom. The molecule has 0 saturated carbocycles. The number of hydrogen-bond donors (Lipinski definition) is 1. The van der Waals surface area contributed by atoms with Gasteiger partial charge in [0.05, 0.1) is 4.92 Å². The van der Waals surface area contributed by atoms with Gasteiger partial charge in [0.1, 0.15) is 25.0 Å². The van der Waals surface area contributed by atoms with E-state index in [-0.39, 0.29) is 16.8 Å². The first kappa shape index (κ1) is 66.6. The first-order valence-electron chi connectivity index (χ1n) is 21.2. The van der Waals surface area contributed by atoms with E-state index < -0.39 is 29.9 Å². The second-order valence-electron chi connectivity index (χ2n) is 11.7. The summed E-state index contributed by atoms with van der Waals surface area (Å²) in [7, 11) is 0. The fraction of sp³-hybridized carbons (Fsp3) is 0.0541. The first-order valence-corrected chi connectivity index (χ1v) is 21.2. The topological polar surface area (TPSA) is 69.2 Å². The van der Waals surface area contributed by atoms with Crippen LogP contribution in [0, 0.1) is 365 Å². The van der Waals surface area contributed by atoms with Gasteiger partial charge in [-0.15, -0.1) is 0 Å². The molecule has 0 radical (unpaired) electrons. The molecule has 0 unspecified atom stereocenters. The molecule has 0 spiro atoms. The number of halogens is 4. The molecule has 0 aliphatic carbocycles. The van der Waals surface area contributed by atoms with Gasteiger partial charge in [0.2, 0.25) is 0 Å². The summed E-state index contributed by atoms with van der Waals surface area (Å²) >= 11 is 0. The summed E-state index contributed by atoms with van der Waals surface area (Å²) in [4.78, 5) is 9.45. The second-order valence-corrected chi connectivity index (χ2v) is 11.7. The third-order valence-electron chi connectivity index (χ3n) is 6.29. The predicted octanol–water partition coefficient (Wildman–Crippen LogP) is 5.21. The average Bonchev–Trinajstić information content (AvgIpc) is 3.56. The molecule has 0 amide bonds. The van der Waals surface area contributed by atoms with Crippen LogP contribution in [0.3, 0.4) is 0 Å². The van der Waals surface area contributed by atoms with Crippen molar-refractivity contribution in [2.24, 2.45) is 0 Å². The van der Waals surface area contributed by atoms with Gasteiger partial charge in [-0.3, -0.25) is 10.1 Å². The lowest BCUT2D eigenvalue weighted by Crippen LogP contribution is -1.92. The van der Waals surface area contributed by atoms with Gasteiger partial charge in [0.15, 0.2) is 0 Å². The Labute approximate surface area is 477 Å². The summed E-state index contributed by atoms with van der Waals surface area (Å²) in [5.74, 6) is 144. The van der Waals surface area contributed by atoms with E-state index in [1.54, 1.807) is 13.8 Å². The minimum atomic E-state index is -1.03. The van der Waals surface area contributed by atoms with Crippen LogP contribution >= 0.6 is 0 Å². The summed E-state index contributed by atoms with van der Waals surface area (Å²) < 4.78 is 48.9. The highest BCUT2D eigenvalue weighted by Crippen LogP contribution is 2.17. The van der Waals surface area contributed by atoms with Gasteiger partial charge in [-0.25, -0.2) is 17.6 Å². The van der Waals surface area contributed by atoms with Crippen LogP contribution in [0.15, 0.2) is 36.4 Å². The van der Waals surface area contributed by atoms with Crippen molar-refractivity contribution < 1.29 is 22.5 Å². The largest absolute Gasteiger partial charge is 0.399 e. The van der Waals surface area contributed by atoms with Crippen LogP contribution in [0.5, 0.6) is 0 Å². The fourth-order valence-corrected chi connectivity index (χ4v) is 3.29. The number of rotatable bonds is 3. The van der Waals surface area contributed by atoms with Crippen molar-refractivity contribution in [3.8, 4) is 343 Å². The molecule has 8 heteroatoms. The van der Waals surface area contributed by atoms with Crippen molar-refractivity contribution in [1.29, 1.82) is 0 Å². The van der Waals surface area contributed by atoms with Crippen molar-refractivity contribution in [2.75, 3.05) is 5.73 Å². The van der Waals surface area contributed by atoms with Gasteiger partial charge in [0.25, 0.3) is 5.69 Å². The van der Waals surface area contributed by atoms with Crippen molar-refractivity contribution in [3.63, 3.8) is 0 Å². The van der Waals surface area contributed by atoms with Gasteiger partial charge in [0, 0.05) is 266 Å². The monoisotopic (exact) mass is 1040 g/mol. The quantitative estimate of drug-likeness (QED) is 0.151. The Morgan fingerprint density at radius 3 is 0.646 bits per heavy atom. The van der Waals surface area contributed by atoms with E-state index in [4.69, 9.17) is 5.73 Å². The van der Waals surface area contributed by atoms with Crippen molar-refractivity contribution in [1.82, 2.24) is 0 Å². The predicted molar refractivity (Wildman–Crippen MR) is 310 cm³/mol. The van der Waals surface area contributed by atoms with Gasteiger partial charge in [-0.2, -0.15) is 0 Å². The lowest BCUT2D eigenvalue weighted by atomic mass is 10.2. The number of nitrogens with zero attached hydrogens (tertiary/aromatic N) is 1. The highest BCUT2D eigenvalue weighted by atomic mass is 19.1. The number of nitro groups is 1. The summed E-state index contributed by atoms with van der Waals surface area (Å²) in [5, 5.41) is 10.1. The molecule has 2 aromatic rings. The highest BCUT2D eigenvalue weighted by Gasteiger charge is 2.09. The number of anilines is 1. The van der Waals surface area contributed by atoms with E-state index in [1.807, 2.05) is 0 Å². The van der Waals surface area contributed by atoms with Crippen LogP contribution < -0.4 is 5.73 Å². The molecule has 364 valence electrons. The van der Waals surface area contributed by atoms with E-state index in [0.717, 1.165) is 24.3 Å². The molecule has 2 aromatic carbocycles. The summed E-state index contributed by atoms with van der Waals surface area (Å²) in [6.45, 7) is 1.53. The van der Waals surface area contributed by atoms with E-state index >= 15 is 0 Å². The Balaban J connectivity index is 0.00000242. The van der Waals surface area contributed by atoms with Crippen LogP contribution in [0.25, 0.3) is 0 Å². The first-order chi connectivity index (χ1) is 40.3. The Morgan fingerprint density at radius 1 is 0.317 bits per heavy atom. The van der Waals surface area contributed by atoms with Crippen LogP contribution in [0.1, 0.15) is 25.0 Å². The van der Waals surface area contributed by atoms with Gasteiger partial charge in [-0.1, -0.05) is 11.8 Å². The third-order valence-corrected chi connectivity index (χ3v) is 6.29. The molecule has 0 bridgehead atoms. The van der Waals surface area contributed by atoms with Crippen LogP contribution in [0.4, 0.5) is 28.9 Å². The van der Waals surface area contributed by atoms with E-state index in [2.05, 4.69) is 343 Å². The Bertz CT molecular complexity index is 4640. The highest BCUT2D eigenvalue weighted by molar-refractivity contribution is 5.52. The number of nitrogen functional groups attached to an aromatic ring is 1. The van der Waals surface area contributed by atoms with E-state index in [0.29, 0.717) is 5.69 Å². The van der Waals surface area contributed by atoms with Crippen molar-refractivity contribution >= 4 is 11.4 Å². The van der Waals surface area contributed by atoms with Crippen molar-refractivity contribution in [3.05, 3.63) is 69.3 Å². The molecular formula is C74H18F4N2O2. The Kier molecular flexibility index (Phi) is 43.4. The number of nitro benzene ring substituents is 1. The molecule has 0 fully saturated rings. The maximum Gasteiger partial charge on any atom is 0.270 e. The molecule has 0 atom stereocenters. The standard InChI is InChI=1S/C60H6.C7H5F2NO2.C7H7F2N/c1-3-5-7-9-11-13-15-17-19-21-23-25-27-29-31-33-35-37-39-41-43-45-47-49-51-53-55-57-59-60-58-56-54-52-50-48-46-44-42-40-38-36-34-32-30-28-26-24-22-20-18-16-14-12-10-8-6-4-2;8-4-5-3-6(10(11)12)1-2-7(5)9;8-4-5-3-6(10)1-2-7(5)9/h1-2H3;1-3H,4H2;1-3H,4,10H2. The van der Waals surface area contributed by atoms with Gasteiger partial charge >= 0.3 is 0 Å². The number of nitrogens with two attached hydrogens (primary N) is 1. The SMILES string of the molecule is CC#CC#CC#CC#CC#CC#CC#CC#CC#CC#CC#CC#CC#CC#CC#CC#CC#CC#CC#CC#CC#CC#CC#CC#CC#CC#CC#CC#CC#CC.Nc1ccc(F)c(CF)c1.O=[N+]([O-])c1ccc(F)c(CF)c1. The van der Waals surface area contributed by atoms with Gasteiger partial charge in [-0.05, 0) is 133 Å². The molecule has 4 nitrogen and oxygen atoms in total. The fourth-order valence-electron chi connectivity index (χ4n) is 3.29. The van der Waals surface area contributed by atoms with Gasteiger partial charge < -0.3 is 5.73 Å². The third kappa shape index (κ3) is 45.7. The molecule has 0 saturated heterocycles. The molecule has 0 aliphatic heterocycles. The zero-order chi connectivity index (χ0) is 59.7. The normalized spacial score (nSPS) is 5.54. The molecule has 0 heterocycles. The second kappa shape index (κ2) is 53.4. The molecule has 0 aromatic heterocycles.